The van der Waals surface area contributed by atoms with E-state index in [-0.39, 0.29) is 5.92 Å². The first-order valence-corrected chi connectivity index (χ1v) is 7.87. The fraction of sp³-hybridized carbons (Fsp3) is 0.529. The number of carboxylic acids is 1. The number of benzene rings is 1. The monoisotopic (exact) mass is 359 g/mol. The van der Waals surface area contributed by atoms with Crippen molar-refractivity contribution in [3.8, 4) is 5.75 Å². The van der Waals surface area contributed by atoms with Crippen LogP contribution < -0.4 is 4.74 Å². The standard InChI is InChI=1S/C17H20F3NO4/c1-16(2,15(23)24)25-14-4-3-12(9-13(14)17(18,19)20)11-5-7-21(10-22)8-6-11/h3-4,9-11H,5-8H2,1-2H3,(H,23,24). The van der Waals surface area contributed by atoms with E-state index in [1.54, 1.807) is 4.90 Å². The summed E-state index contributed by atoms with van der Waals surface area (Å²) in [5, 5.41) is 9.06. The molecule has 1 aromatic rings. The van der Waals surface area contributed by atoms with Crippen molar-refractivity contribution in [3.63, 3.8) is 0 Å². The molecular formula is C17H20F3NO4. The number of carboxylic acid groups (broad SMARTS) is 1. The van der Waals surface area contributed by atoms with Crippen LogP contribution in [0.15, 0.2) is 18.2 Å². The van der Waals surface area contributed by atoms with Crippen molar-refractivity contribution >= 4 is 12.4 Å². The smallest absolute Gasteiger partial charge is 0.419 e. The third kappa shape index (κ3) is 4.43. The Labute approximate surface area is 143 Å². The number of hydrogen-bond acceptors (Lipinski definition) is 3. The van der Waals surface area contributed by atoms with Crippen molar-refractivity contribution in [2.45, 2.75) is 44.4 Å². The van der Waals surface area contributed by atoms with Gasteiger partial charge in [0.15, 0.2) is 5.60 Å². The number of nitrogens with zero attached hydrogens (tertiary/aromatic N) is 1. The van der Waals surface area contributed by atoms with Crippen molar-refractivity contribution in [1.82, 2.24) is 4.90 Å². The van der Waals surface area contributed by atoms with Crippen LogP contribution >= 0.6 is 0 Å². The van der Waals surface area contributed by atoms with Crippen LogP contribution in [0.4, 0.5) is 13.2 Å². The maximum atomic E-state index is 13.4. The van der Waals surface area contributed by atoms with Crippen LogP contribution in [0.3, 0.4) is 0 Å². The summed E-state index contributed by atoms with van der Waals surface area (Å²) in [4.78, 5) is 23.4. The first kappa shape index (κ1) is 19.1. The van der Waals surface area contributed by atoms with Gasteiger partial charge in [0.2, 0.25) is 6.41 Å². The number of halogens is 3. The third-order valence-corrected chi connectivity index (χ3v) is 4.34. The molecular weight excluding hydrogens is 339 g/mol. The number of hydrogen-bond donors (Lipinski definition) is 1. The molecule has 1 aliphatic rings. The molecule has 8 heteroatoms. The van der Waals surface area contributed by atoms with Gasteiger partial charge in [-0.05, 0) is 50.3 Å². The molecule has 2 rings (SSSR count). The van der Waals surface area contributed by atoms with Crippen LogP contribution in [-0.2, 0) is 15.8 Å². The Kier molecular flexibility index (Phi) is 5.29. The summed E-state index contributed by atoms with van der Waals surface area (Å²) in [5.74, 6) is -1.95. The van der Waals surface area contributed by atoms with Crippen LogP contribution in [0.2, 0.25) is 0 Å². The molecule has 1 saturated heterocycles. The zero-order chi connectivity index (χ0) is 18.8. The number of carbonyl (C=O) groups is 2. The lowest BCUT2D eigenvalue weighted by Crippen LogP contribution is -2.38. The van der Waals surface area contributed by atoms with Gasteiger partial charge in [0, 0.05) is 13.1 Å². The second-order valence-electron chi connectivity index (χ2n) is 6.59. The van der Waals surface area contributed by atoms with Crippen molar-refractivity contribution in [2.24, 2.45) is 0 Å². The molecule has 1 aliphatic heterocycles. The van der Waals surface area contributed by atoms with E-state index in [0.29, 0.717) is 31.5 Å². The lowest BCUT2D eigenvalue weighted by Gasteiger charge is -2.30. The number of amides is 1. The SMILES string of the molecule is CC(C)(Oc1ccc(C2CCN(C=O)CC2)cc1C(F)(F)F)C(=O)O. The summed E-state index contributed by atoms with van der Waals surface area (Å²) in [6.45, 7) is 3.39. The lowest BCUT2D eigenvalue weighted by atomic mass is 9.88. The quantitative estimate of drug-likeness (QED) is 0.820. The first-order chi connectivity index (χ1) is 11.5. The van der Waals surface area contributed by atoms with Gasteiger partial charge in [-0.1, -0.05) is 6.07 Å². The van der Waals surface area contributed by atoms with E-state index in [2.05, 4.69) is 0 Å². The Balaban J connectivity index is 2.31. The Morgan fingerprint density at radius 2 is 1.88 bits per heavy atom. The molecule has 1 heterocycles. The summed E-state index contributed by atoms with van der Waals surface area (Å²) in [5.41, 5.74) is -2.26. The summed E-state index contributed by atoms with van der Waals surface area (Å²) >= 11 is 0. The summed E-state index contributed by atoms with van der Waals surface area (Å²) in [6, 6.07) is 3.73. The van der Waals surface area contributed by atoms with E-state index < -0.39 is 29.1 Å². The molecule has 0 aliphatic carbocycles. The fourth-order valence-electron chi connectivity index (χ4n) is 2.77. The molecule has 0 aromatic heterocycles. The molecule has 25 heavy (non-hydrogen) atoms. The largest absolute Gasteiger partial charge is 0.478 e. The Morgan fingerprint density at radius 1 is 1.28 bits per heavy atom. The highest BCUT2D eigenvalue weighted by molar-refractivity contribution is 5.76. The van der Waals surface area contributed by atoms with Crippen LogP contribution in [-0.4, -0.2) is 41.1 Å². The highest BCUT2D eigenvalue weighted by atomic mass is 19.4. The molecule has 0 radical (unpaired) electrons. The first-order valence-electron chi connectivity index (χ1n) is 7.87. The van der Waals surface area contributed by atoms with Gasteiger partial charge in [0.05, 0.1) is 5.56 Å². The zero-order valence-corrected chi connectivity index (χ0v) is 14.0. The molecule has 5 nitrogen and oxygen atoms in total. The topological polar surface area (TPSA) is 66.8 Å². The van der Waals surface area contributed by atoms with Crippen molar-refractivity contribution < 1.29 is 32.6 Å². The van der Waals surface area contributed by atoms with Gasteiger partial charge in [-0.3, -0.25) is 4.79 Å². The van der Waals surface area contributed by atoms with Gasteiger partial charge in [0.25, 0.3) is 0 Å². The molecule has 0 spiro atoms. The predicted octanol–water partition coefficient (Wildman–Crippen LogP) is 3.28. The molecule has 1 N–H and O–H groups in total. The minimum Gasteiger partial charge on any atom is -0.478 e. The summed E-state index contributed by atoms with van der Waals surface area (Å²) in [7, 11) is 0. The van der Waals surface area contributed by atoms with E-state index in [0.717, 1.165) is 12.5 Å². The third-order valence-electron chi connectivity index (χ3n) is 4.34. The Hall–Kier alpha value is -2.25. The van der Waals surface area contributed by atoms with Gasteiger partial charge in [-0.25, -0.2) is 4.79 Å². The molecule has 1 amide bonds. The number of rotatable bonds is 5. The van der Waals surface area contributed by atoms with Gasteiger partial charge in [-0.15, -0.1) is 0 Å². The number of alkyl halides is 3. The molecule has 1 aromatic carbocycles. The number of aliphatic carboxylic acids is 1. The maximum absolute atomic E-state index is 13.4. The number of ether oxygens (including phenoxy) is 1. The predicted molar refractivity (Wildman–Crippen MR) is 83.4 cm³/mol. The fourth-order valence-corrected chi connectivity index (χ4v) is 2.77. The Morgan fingerprint density at radius 3 is 2.36 bits per heavy atom. The molecule has 138 valence electrons. The van der Waals surface area contributed by atoms with Gasteiger partial charge >= 0.3 is 12.1 Å². The molecule has 0 bridgehead atoms. The van der Waals surface area contributed by atoms with Crippen molar-refractivity contribution in [1.29, 1.82) is 0 Å². The van der Waals surface area contributed by atoms with Gasteiger partial charge in [0.1, 0.15) is 5.75 Å². The minimum atomic E-state index is -4.66. The van der Waals surface area contributed by atoms with Gasteiger partial charge in [-0.2, -0.15) is 13.2 Å². The summed E-state index contributed by atoms with van der Waals surface area (Å²) in [6.07, 6.45) is -2.76. The van der Waals surface area contributed by atoms with E-state index >= 15 is 0 Å². The highest BCUT2D eigenvalue weighted by Crippen LogP contribution is 2.40. The van der Waals surface area contributed by atoms with E-state index in [9.17, 15) is 22.8 Å². The van der Waals surface area contributed by atoms with Crippen molar-refractivity contribution in [2.75, 3.05) is 13.1 Å². The number of likely N-dealkylation sites (tertiary alicyclic amines) is 1. The minimum absolute atomic E-state index is 0.0844. The Bertz CT molecular complexity index is 650. The number of carbonyl (C=O) groups excluding carboxylic acids is 1. The maximum Gasteiger partial charge on any atom is 0.419 e. The molecule has 0 atom stereocenters. The normalized spacial score (nSPS) is 16.6. The average molecular weight is 359 g/mol. The molecule has 0 saturated carbocycles. The average Bonchev–Trinajstić information content (AvgIpc) is 2.54. The number of piperidine rings is 1. The second kappa shape index (κ2) is 6.93. The molecule has 1 fully saturated rings. The van der Waals surface area contributed by atoms with Crippen molar-refractivity contribution in [3.05, 3.63) is 29.3 Å². The lowest BCUT2D eigenvalue weighted by molar-refractivity contribution is -0.155. The van der Waals surface area contributed by atoms with Gasteiger partial charge < -0.3 is 14.7 Å². The van der Waals surface area contributed by atoms with Crippen LogP contribution in [0.5, 0.6) is 5.75 Å². The zero-order valence-electron chi connectivity index (χ0n) is 14.0. The van der Waals surface area contributed by atoms with E-state index in [1.807, 2.05) is 0 Å². The van der Waals surface area contributed by atoms with Crippen LogP contribution in [0, 0.1) is 0 Å². The molecule has 0 unspecified atom stereocenters. The van der Waals surface area contributed by atoms with Crippen LogP contribution in [0.25, 0.3) is 0 Å². The van der Waals surface area contributed by atoms with Crippen LogP contribution in [0.1, 0.15) is 43.7 Å². The van der Waals surface area contributed by atoms with E-state index in [4.69, 9.17) is 9.84 Å². The second-order valence-corrected chi connectivity index (χ2v) is 6.59. The van der Waals surface area contributed by atoms with E-state index in [1.165, 1.54) is 26.0 Å². The highest BCUT2D eigenvalue weighted by Gasteiger charge is 2.38. The summed E-state index contributed by atoms with van der Waals surface area (Å²) < 4.78 is 45.3.